The van der Waals surface area contributed by atoms with Crippen molar-refractivity contribution in [2.75, 3.05) is 7.05 Å². The van der Waals surface area contributed by atoms with Crippen LogP contribution in [0.3, 0.4) is 0 Å². The second kappa shape index (κ2) is 6.54. The van der Waals surface area contributed by atoms with Gasteiger partial charge in [0, 0.05) is 6.04 Å². The molecule has 2 nitrogen and oxygen atoms in total. The van der Waals surface area contributed by atoms with Gasteiger partial charge in [0.1, 0.15) is 11.9 Å². The van der Waals surface area contributed by atoms with Crippen molar-refractivity contribution >= 4 is 0 Å². The van der Waals surface area contributed by atoms with Gasteiger partial charge in [0.15, 0.2) is 0 Å². The molecule has 1 rings (SSSR count). The van der Waals surface area contributed by atoms with Crippen LogP contribution in [0.4, 0.5) is 0 Å². The summed E-state index contributed by atoms with van der Waals surface area (Å²) in [6, 6.07) is 8.77. The summed E-state index contributed by atoms with van der Waals surface area (Å²) in [6.07, 6.45) is 2.51. The quantitative estimate of drug-likeness (QED) is 0.797. The molecule has 2 atom stereocenters. The lowest BCUT2D eigenvalue weighted by Gasteiger charge is -2.21. The summed E-state index contributed by atoms with van der Waals surface area (Å²) >= 11 is 0. The molecular formula is C14H23NO. The maximum atomic E-state index is 5.84. The Kier molecular flexibility index (Phi) is 5.33. The molecule has 2 heteroatoms. The summed E-state index contributed by atoms with van der Waals surface area (Å²) in [5.74, 6) is 0.953. The lowest BCUT2D eigenvalue weighted by Crippen LogP contribution is -2.36. The maximum Gasteiger partial charge on any atom is 0.119 e. The summed E-state index contributed by atoms with van der Waals surface area (Å²) in [5.41, 5.74) is 1.38. The Labute approximate surface area is 99.0 Å². The molecule has 0 saturated carbocycles. The molecule has 90 valence electrons. The Morgan fingerprint density at radius 3 is 2.31 bits per heavy atom. The minimum atomic E-state index is 0.182. The molecule has 0 amide bonds. The molecule has 0 aromatic heterocycles. The van der Waals surface area contributed by atoms with Crippen molar-refractivity contribution in [3.05, 3.63) is 29.8 Å². The molecule has 1 N–H and O–H groups in total. The van der Waals surface area contributed by atoms with Crippen molar-refractivity contribution in [3.63, 3.8) is 0 Å². The van der Waals surface area contributed by atoms with Gasteiger partial charge in [-0.3, -0.25) is 0 Å². The lowest BCUT2D eigenvalue weighted by atomic mass is 10.1. The van der Waals surface area contributed by atoms with Crippen LogP contribution in [0.2, 0.25) is 0 Å². The van der Waals surface area contributed by atoms with E-state index in [0.29, 0.717) is 6.04 Å². The second-order valence-electron chi connectivity index (χ2n) is 4.29. The van der Waals surface area contributed by atoms with Crippen LogP contribution >= 0.6 is 0 Å². The smallest absolute Gasteiger partial charge is 0.119 e. The number of likely N-dealkylation sites (N-methyl/N-ethyl adjacent to an activating group) is 1. The Bertz CT molecular complexity index is 294. The monoisotopic (exact) mass is 221 g/mol. The van der Waals surface area contributed by atoms with Crippen molar-refractivity contribution in [3.8, 4) is 5.75 Å². The molecule has 0 aliphatic rings. The van der Waals surface area contributed by atoms with E-state index in [1.165, 1.54) is 12.0 Å². The Hall–Kier alpha value is -1.02. The first kappa shape index (κ1) is 13.0. The average Bonchev–Trinajstić information content (AvgIpc) is 2.31. The molecule has 2 unspecified atom stereocenters. The highest BCUT2D eigenvalue weighted by Crippen LogP contribution is 2.15. The molecule has 0 bridgehead atoms. The van der Waals surface area contributed by atoms with Crippen molar-refractivity contribution in [1.82, 2.24) is 5.32 Å². The predicted molar refractivity (Wildman–Crippen MR) is 69.0 cm³/mol. The third-order valence-electron chi connectivity index (χ3n) is 2.94. The van der Waals surface area contributed by atoms with Gasteiger partial charge in [0.2, 0.25) is 0 Å². The summed E-state index contributed by atoms with van der Waals surface area (Å²) < 4.78 is 5.84. The molecule has 16 heavy (non-hydrogen) atoms. The molecule has 1 aromatic carbocycles. The van der Waals surface area contributed by atoms with E-state index in [-0.39, 0.29) is 6.10 Å². The van der Waals surface area contributed by atoms with Crippen molar-refractivity contribution in [2.45, 2.75) is 45.8 Å². The van der Waals surface area contributed by atoms with Crippen LogP contribution in [-0.4, -0.2) is 19.2 Å². The second-order valence-corrected chi connectivity index (χ2v) is 4.29. The van der Waals surface area contributed by atoms with Crippen LogP contribution in [0.25, 0.3) is 0 Å². The standard InChI is InChI=1S/C14H23NO/c1-5-6-13-7-9-14(10-8-13)16-12(3)11(2)15-4/h7-12,15H,5-6H2,1-4H3. The largest absolute Gasteiger partial charge is 0.489 e. The zero-order valence-electron chi connectivity index (χ0n) is 10.8. The van der Waals surface area contributed by atoms with Crippen LogP contribution in [0.1, 0.15) is 32.8 Å². The molecule has 0 aliphatic carbocycles. The zero-order valence-corrected chi connectivity index (χ0v) is 10.8. The van der Waals surface area contributed by atoms with Gasteiger partial charge < -0.3 is 10.1 Å². The van der Waals surface area contributed by atoms with Gasteiger partial charge in [-0.15, -0.1) is 0 Å². The minimum absolute atomic E-state index is 0.182. The van der Waals surface area contributed by atoms with Crippen molar-refractivity contribution in [1.29, 1.82) is 0 Å². The maximum absolute atomic E-state index is 5.84. The van der Waals surface area contributed by atoms with Gasteiger partial charge in [0.25, 0.3) is 0 Å². The first-order valence-electron chi connectivity index (χ1n) is 6.10. The van der Waals surface area contributed by atoms with E-state index in [4.69, 9.17) is 4.74 Å². The molecule has 0 saturated heterocycles. The Morgan fingerprint density at radius 2 is 1.81 bits per heavy atom. The fraction of sp³-hybridized carbons (Fsp3) is 0.571. The molecule has 0 radical (unpaired) electrons. The number of benzene rings is 1. The average molecular weight is 221 g/mol. The third-order valence-corrected chi connectivity index (χ3v) is 2.94. The SMILES string of the molecule is CCCc1ccc(OC(C)C(C)NC)cc1. The van der Waals surface area contributed by atoms with Crippen molar-refractivity contribution < 1.29 is 4.74 Å². The van der Waals surface area contributed by atoms with Crippen LogP contribution in [-0.2, 0) is 6.42 Å². The molecule has 1 aromatic rings. The molecular weight excluding hydrogens is 198 g/mol. The number of aryl methyl sites for hydroxylation is 1. The Morgan fingerprint density at radius 1 is 1.19 bits per heavy atom. The number of rotatable bonds is 6. The molecule has 0 heterocycles. The lowest BCUT2D eigenvalue weighted by molar-refractivity contribution is 0.182. The van der Waals surface area contributed by atoms with E-state index < -0.39 is 0 Å². The fourth-order valence-corrected chi connectivity index (χ4v) is 1.57. The van der Waals surface area contributed by atoms with Gasteiger partial charge in [-0.1, -0.05) is 25.5 Å². The molecule has 0 fully saturated rings. The van der Waals surface area contributed by atoms with E-state index in [9.17, 15) is 0 Å². The predicted octanol–water partition coefficient (Wildman–Crippen LogP) is 3.01. The van der Waals surface area contributed by atoms with Gasteiger partial charge >= 0.3 is 0 Å². The van der Waals surface area contributed by atoms with E-state index in [0.717, 1.165) is 12.2 Å². The highest BCUT2D eigenvalue weighted by atomic mass is 16.5. The summed E-state index contributed by atoms with van der Waals surface area (Å²) in [4.78, 5) is 0. The first-order chi connectivity index (χ1) is 7.67. The van der Waals surface area contributed by atoms with Crippen LogP contribution < -0.4 is 10.1 Å². The highest BCUT2D eigenvalue weighted by molar-refractivity contribution is 5.27. The zero-order chi connectivity index (χ0) is 12.0. The third kappa shape index (κ3) is 3.86. The van der Waals surface area contributed by atoms with Crippen LogP contribution in [0.5, 0.6) is 5.75 Å². The van der Waals surface area contributed by atoms with E-state index in [1.807, 2.05) is 7.05 Å². The van der Waals surface area contributed by atoms with E-state index in [1.54, 1.807) is 0 Å². The number of hydrogen-bond donors (Lipinski definition) is 1. The fourth-order valence-electron chi connectivity index (χ4n) is 1.57. The topological polar surface area (TPSA) is 21.3 Å². The summed E-state index contributed by atoms with van der Waals surface area (Å²) in [5, 5.41) is 3.19. The van der Waals surface area contributed by atoms with E-state index in [2.05, 4.69) is 50.4 Å². The summed E-state index contributed by atoms with van der Waals surface area (Å²) in [7, 11) is 1.95. The Balaban J connectivity index is 2.54. The van der Waals surface area contributed by atoms with Gasteiger partial charge in [-0.05, 0) is 45.0 Å². The van der Waals surface area contributed by atoms with Gasteiger partial charge in [-0.2, -0.15) is 0 Å². The number of nitrogens with one attached hydrogen (secondary N) is 1. The molecule has 0 spiro atoms. The van der Waals surface area contributed by atoms with Crippen LogP contribution in [0.15, 0.2) is 24.3 Å². The highest BCUT2D eigenvalue weighted by Gasteiger charge is 2.10. The van der Waals surface area contributed by atoms with Gasteiger partial charge in [-0.25, -0.2) is 0 Å². The first-order valence-corrected chi connectivity index (χ1v) is 6.10. The normalized spacial score (nSPS) is 14.5. The number of hydrogen-bond acceptors (Lipinski definition) is 2. The summed E-state index contributed by atoms with van der Waals surface area (Å²) in [6.45, 7) is 6.40. The number of ether oxygens (including phenoxy) is 1. The minimum Gasteiger partial charge on any atom is -0.489 e. The van der Waals surface area contributed by atoms with Crippen LogP contribution in [0, 0.1) is 0 Å². The van der Waals surface area contributed by atoms with Gasteiger partial charge in [0.05, 0.1) is 0 Å². The molecule has 0 aliphatic heterocycles. The van der Waals surface area contributed by atoms with E-state index >= 15 is 0 Å². The van der Waals surface area contributed by atoms with Crippen molar-refractivity contribution in [2.24, 2.45) is 0 Å².